The van der Waals surface area contributed by atoms with Crippen LogP contribution < -0.4 is 20.5 Å². The van der Waals surface area contributed by atoms with E-state index in [2.05, 4.69) is 20.3 Å². The second kappa shape index (κ2) is 8.74. The molecule has 0 bridgehead atoms. The Morgan fingerprint density at radius 3 is 2.12 bits per heavy atom. The van der Waals surface area contributed by atoms with Gasteiger partial charge in [-0.25, -0.2) is 31.4 Å². The van der Waals surface area contributed by atoms with Gasteiger partial charge in [-0.05, 0) is 37.1 Å². The van der Waals surface area contributed by atoms with Crippen molar-refractivity contribution in [3.8, 4) is 0 Å². The Bertz CT molecular complexity index is 1280. The van der Waals surface area contributed by atoms with E-state index in [0.717, 1.165) is 11.1 Å². The standard InChI is InChI=1S/C20H23FN6O4S2/c21-18-13-23-19(25-15-7-3-1-4-8-15)27(14-24-32(28,29)17-11-12-17)20(18,33(22,30)31)26-16-9-5-2-6-10-16/h1-10,13,17,24,26H,11-12,14H2,(H,23,25)(H2,22,30,31). The minimum atomic E-state index is -4.77. The first-order valence-electron chi connectivity index (χ1n) is 10.0. The van der Waals surface area contributed by atoms with Gasteiger partial charge < -0.3 is 10.6 Å². The quantitative estimate of drug-likeness (QED) is 0.437. The lowest BCUT2D eigenvalue weighted by Gasteiger charge is -2.44. The van der Waals surface area contributed by atoms with Crippen LogP contribution in [0.3, 0.4) is 0 Å². The fourth-order valence-corrected chi connectivity index (χ4v) is 5.69. The van der Waals surface area contributed by atoms with Gasteiger partial charge in [0.15, 0.2) is 5.83 Å². The molecule has 1 heterocycles. The third-order valence-corrected chi connectivity index (χ3v) is 8.40. The summed E-state index contributed by atoms with van der Waals surface area (Å²) in [4.78, 5) is 2.25. The van der Waals surface area contributed by atoms with Crippen LogP contribution in [0.15, 0.2) is 77.7 Å². The first kappa shape index (κ1) is 23.2. The molecule has 0 saturated heterocycles. The minimum Gasteiger partial charge on any atom is -0.343 e. The van der Waals surface area contributed by atoms with Crippen LogP contribution in [0.1, 0.15) is 12.8 Å². The smallest absolute Gasteiger partial charge is 0.287 e. The number of nitrogens with one attached hydrogen (secondary N) is 3. The van der Waals surface area contributed by atoms with Gasteiger partial charge in [0.25, 0.3) is 15.0 Å². The van der Waals surface area contributed by atoms with E-state index in [0.29, 0.717) is 18.5 Å². The molecule has 1 fully saturated rings. The molecule has 1 aliphatic heterocycles. The normalized spacial score (nSPS) is 21.2. The minimum absolute atomic E-state index is 0.126. The van der Waals surface area contributed by atoms with E-state index in [4.69, 9.17) is 5.14 Å². The molecule has 176 valence electrons. The van der Waals surface area contributed by atoms with Gasteiger partial charge in [0.05, 0.1) is 18.1 Å². The highest BCUT2D eigenvalue weighted by Gasteiger charge is 2.55. The van der Waals surface area contributed by atoms with Crippen molar-refractivity contribution in [2.45, 2.75) is 23.1 Å². The second-order valence-electron chi connectivity index (χ2n) is 7.58. The predicted octanol–water partition coefficient (Wildman–Crippen LogP) is 1.67. The summed E-state index contributed by atoms with van der Waals surface area (Å²) in [5.74, 6) is -1.35. The summed E-state index contributed by atoms with van der Waals surface area (Å²) in [6.45, 7) is -0.616. The highest BCUT2D eigenvalue weighted by molar-refractivity contribution is 7.91. The molecule has 13 heteroatoms. The van der Waals surface area contributed by atoms with Crippen molar-refractivity contribution in [2.75, 3.05) is 17.3 Å². The van der Waals surface area contributed by atoms with Crippen LogP contribution in [0.2, 0.25) is 0 Å². The fraction of sp³-hybridized carbons (Fsp3) is 0.250. The van der Waals surface area contributed by atoms with Crippen molar-refractivity contribution in [2.24, 2.45) is 10.1 Å². The van der Waals surface area contributed by atoms with E-state index in [9.17, 15) is 16.8 Å². The molecule has 0 amide bonds. The molecule has 2 aromatic carbocycles. The number of hydrogen-bond donors (Lipinski definition) is 4. The molecule has 33 heavy (non-hydrogen) atoms. The van der Waals surface area contributed by atoms with Crippen LogP contribution in [0, 0.1) is 0 Å². The maximum Gasteiger partial charge on any atom is 0.287 e. The van der Waals surface area contributed by atoms with Crippen LogP contribution in [-0.2, 0) is 20.0 Å². The lowest BCUT2D eigenvalue weighted by Crippen LogP contribution is -2.68. The largest absolute Gasteiger partial charge is 0.343 e. The zero-order chi connectivity index (χ0) is 23.7. The number of anilines is 2. The van der Waals surface area contributed by atoms with E-state index < -0.39 is 42.8 Å². The molecule has 0 radical (unpaired) electrons. The summed E-state index contributed by atoms with van der Waals surface area (Å²) in [7, 11) is -8.51. The number of nitrogens with zero attached hydrogens (tertiary/aromatic N) is 2. The molecule has 4 rings (SSSR count). The fourth-order valence-electron chi connectivity index (χ4n) is 3.35. The third kappa shape index (κ3) is 4.71. The average molecular weight is 495 g/mol. The summed E-state index contributed by atoms with van der Waals surface area (Å²) >= 11 is 0. The summed E-state index contributed by atoms with van der Waals surface area (Å²) in [6, 6.07) is 16.6. The van der Waals surface area contributed by atoms with Crippen molar-refractivity contribution >= 4 is 37.4 Å². The van der Waals surface area contributed by atoms with E-state index in [-0.39, 0.29) is 11.6 Å². The molecule has 1 aliphatic carbocycles. The van der Waals surface area contributed by atoms with Gasteiger partial charge in [0, 0.05) is 11.4 Å². The number of para-hydroxylation sites is 2. The SMILES string of the molecule is NS(=O)(=O)C1(Nc2ccccc2)C(F)=CN=C(Nc2ccccc2)N1CNS(=O)(=O)C1CC1. The number of guanidine groups is 1. The highest BCUT2D eigenvalue weighted by Crippen LogP contribution is 2.35. The Morgan fingerprint density at radius 2 is 1.58 bits per heavy atom. The van der Waals surface area contributed by atoms with Crippen molar-refractivity contribution < 1.29 is 21.2 Å². The number of primary sulfonamides is 1. The van der Waals surface area contributed by atoms with Gasteiger partial charge in [0.2, 0.25) is 16.0 Å². The number of nitrogens with two attached hydrogens (primary N) is 1. The van der Waals surface area contributed by atoms with Crippen molar-refractivity contribution in [3.05, 3.63) is 72.7 Å². The maximum atomic E-state index is 15.4. The Balaban J connectivity index is 1.79. The molecule has 10 nitrogen and oxygen atoms in total. The zero-order valence-corrected chi connectivity index (χ0v) is 19.0. The lowest BCUT2D eigenvalue weighted by atomic mass is 10.2. The Labute approximate surface area is 191 Å². The van der Waals surface area contributed by atoms with E-state index >= 15 is 4.39 Å². The number of rotatable bonds is 8. The molecule has 2 aromatic rings. The number of sulfonamides is 2. The molecule has 1 atom stereocenters. The molecule has 5 N–H and O–H groups in total. The Kier molecular flexibility index (Phi) is 6.14. The zero-order valence-electron chi connectivity index (χ0n) is 17.3. The first-order valence-corrected chi connectivity index (χ1v) is 13.1. The first-order chi connectivity index (χ1) is 15.6. The monoisotopic (exact) mass is 494 g/mol. The molecule has 2 aliphatic rings. The van der Waals surface area contributed by atoms with Crippen molar-refractivity contribution in [1.29, 1.82) is 0 Å². The second-order valence-corrected chi connectivity index (χ2v) is 11.3. The van der Waals surface area contributed by atoms with Crippen LogP contribution >= 0.6 is 0 Å². The van der Waals surface area contributed by atoms with Crippen molar-refractivity contribution in [1.82, 2.24) is 9.62 Å². The average Bonchev–Trinajstić information content (AvgIpc) is 3.62. The van der Waals surface area contributed by atoms with E-state index in [1.165, 1.54) is 12.1 Å². The molecular formula is C20H23FN6O4S2. The number of hydrogen-bond acceptors (Lipinski definition) is 8. The molecule has 1 saturated carbocycles. The molecule has 0 spiro atoms. The number of benzene rings is 2. The molecule has 0 aromatic heterocycles. The van der Waals surface area contributed by atoms with Gasteiger partial charge in [0.1, 0.15) is 0 Å². The van der Waals surface area contributed by atoms with Gasteiger partial charge in [-0.1, -0.05) is 36.4 Å². The third-order valence-electron chi connectivity index (χ3n) is 5.18. The topological polar surface area (TPSA) is 146 Å². The van der Waals surface area contributed by atoms with Crippen molar-refractivity contribution in [3.63, 3.8) is 0 Å². The highest BCUT2D eigenvalue weighted by atomic mass is 32.2. The van der Waals surface area contributed by atoms with Gasteiger partial charge >= 0.3 is 0 Å². The van der Waals surface area contributed by atoms with E-state index in [1.54, 1.807) is 48.5 Å². The van der Waals surface area contributed by atoms with Gasteiger partial charge in [-0.3, -0.25) is 4.90 Å². The summed E-state index contributed by atoms with van der Waals surface area (Å²) in [5, 5.41) is 10.6. The summed E-state index contributed by atoms with van der Waals surface area (Å²) in [6.07, 6.45) is 1.72. The molecular weight excluding hydrogens is 471 g/mol. The maximum absolute atomic E-state index is 15.4. The summed E-state index contributed by atoms with van der Waals surface area (Å²) < 4.78 is 68.6. The van der Waals surface area contributed by atoms with Crippen LogP contribution in [-0.4, -0.2) is 44.6 Å². The van der Waals surface area contributed by atoms with Crippen LogP contribution in [0.4, 0.5) is 15.8 Å². The summed E-state index contributed by atoms with van der Waals surface area (Å²) in [5.41, 5.74) is 0.760. The van der Waals surface area contributed by atoms with Crippen LogP contribution in [0.5, 0.6) is 0 Å². The van der Waals surface area contributed by atoms with E-state index in [1.807, 2.05) is 0 Å². The number of halogens is 1. The predicted molar refractivity (Wildman–Crippen MR) is 124 cm³/mol. The van der Waals surface area contributed by atoms with Gasteiger partial charge in [-0.15, -0.1) is 0 Å². The number of aliphatic imine (C=N–C) groups is 1. The Hall–Kier alpha value is -3.00. The Morgan fingerprint density at radius 1 is 1.00 bits per heavy atom. The van der Waals surface area contributed by atoms with Crippen LogP contribution in [0.25, 0.3) is 0 Å². The molecule has 1 unspecified atom stereocenters. The van der Waals surface area contributed by atoms with Gasteiger partial charge in [-0.2, -0.15) is 4.72 Å². The lowest BCUT2D eigenvalue weighted by molar-refractivity contribution is 0.273.